The molecule has 3 aliphatic rings. The van der Waals surface area contributed by atoms with Crippen LogP contribution in [0.5, 0.6) is 0 Å². The summed E-state index contributed by atoms with van der Waals surface area (Å²) in [5.41, 5.74) is 5.48. The summed E-state index contributed by atoms with van der Waals surface area (Å²) < 4.78 is 0. The van der Waals surface area contributed by atoms with Crippen molar-refractivity contribution in [3.05, 3.63) is 47.2 Å². The standard InChI is InChI=1S/C27H36N4O/c1-19-15-23(22-9-10-25(28-17-22)30-13-11-29(3)12-14-30)16-24-18-31(27(32)26(19)24)20(2)21-7-5-4-6-8-21/h9-10,15-17,20-21H,4-8,11-14,18H2,1-3H3/t20-/m0/s1. The number of hydrogen-bond acceptors (Lipinski definition) is 4. The molecule has 32 heavy (non-hydrogen) atoms. The van der Waals surface area contributed by atoms with Crippen molar-refractivity contribution in [2.45, 2.75) is 58.5 Å². The number of piperazine rings is 1. The fourth-order valence-electron chi connectivity index (χ4n) is 5.84. The molecule has 1 saturated carbocycles. The first kappa shape index (κ1) is 21.4. The van der Waals surface area contributed by atoms with Gasteiger partial charge in [0, 0.05) is 56.1 Å². The quantitative estimate of drug-likeness (QED) is 0.700. The number of amides is 1. The summed E-state index contributed by atoms with van der Waals surface area (Å²) in [5, 5.41) is 0. The molecule has 1 aromatic heterocycles. The molecule has 1 atom stereocenters. The molecular weight excluding hydrogens is 396 g/mol. The molecule has 1 saturated heterocycles. The van der Waals surface area contributed by atoms with Crippen molar-refractivity contribution >= 4 is 11.7 Å². The van der Waals surface area contributed by atoms with E-state index in [1.807, 2.05) is 6.20 Å². The van der Waals surface area contributed by atoms with E-state index in [4.69, 9.17) is 4.98 Å². The smallest absolute Gasteiger partial charge is 0.255 e. The van der Waals surface area contributed by atoms with Gasteiger partial charge in [0.25, 0.3) is 5.91 Å². The molecule has 2 aliphatic heterocycles. The fourth-order valence-corrected chi connectivity index (χ4v) is 5.84. The van der Waals surface area contributed by atoms with E-state index in [0.717, 1.165) is 55.2 Å². The van der Waals surface area contributed by atoms with Gasteiger partial charge in [-0.1, -0.05) is 25.3 Å². The summed E-state index contributed by atoms with van der Waals surface area (Å²) in [4.78, 5) is 24.9. The molecule has 2 fully saturated rings. The fraction of sp³-hybridized carbons (Fsp3) is 0.556. The van der Waals surface area contributed by atoms with Crippen LogP contribution in [0.1, 0.15) is 60.5 Å². The Morgan fingerprint density at radius 3 is 2.44 bits per heavy atom. The summed E-state index contributed by atoms with van der Waals surface area (Å²) in [5.74, 6) is 1.93. The maximum atomic E-state index is 13.3. The highest BCUT2D eigenvalue weighted by molar-refractivity contribution is 6.00. The Morgan fingerprint density at radius 2 is 1.75 bits per heavy atom. The predicted octanol–water partition coefficient (Wildman–Crippen LogP) is 4.73. The van der Waals surface area contributed by atoms with Gasteiger partial charge in [0.1, 0.15) is 5.82 Å². The first-order chi connectivity index (χ1) is 15.5. The zero-order valence-corrected chi connectivity index (χ0v) is 19.8. The monoisotopic (exact) mass is 432 g/mol. The molecule has 5 nitrogen and oxygen atoms in total. The Kier molecular flexibility index (Phi) is 5.93. The van der Waals surface area contributed by atoms with Gasteiger partial charge in [-0.05, 0) is 74.5 Å². The summed E-state index contributed by atoms with van der Waals surface area (Å²) in [6.45, 7) is 9.30. The highest BCUT2D eigenvalue weighted by atomic mass is 16.2. The molecule has 0 N–H and O–H groups in total. The van der Waals surface area contributed by atoms with Crippen LogP contribution in [0.2, 0.25) is 0 Å². The number of nitrogens with zero attached hydrogens (tertiary/aromatic N) is 4. The van der Waals surface area contributed by atoms with Gasteiger partial charge in [0.05, 0.1) is 0 Å². The SMILES string of the molecule is Cc1cc(-c2ccc(N3CCN(C)CC3)nc2)cc2c1C(=O)N([C@@H](C)C1CCCCC1)C2. The van der Waals surface area contributed by atoms with Gasteiger partial charge < -0.3 is 14.7 Å². The van der Waals surface area contributed by atoms with Gasteiger partial charge in [-0.3, -0.25) is 4.79 Å². The van der Waals surface area contributed by atoms with Gasteiger partial charge in [-0.2, -0.15) is 0 Å². The minimum absolute atomic E-state index is 0.227. The van der Waals surface area contributed by atoms with Gasteiger partial charge in [0.15, 0.2) is 0 Å². The molecule has 3 heterocycles. The highest BCUT2D eigenvalue weighted by Crippen LogP contribution is 2.36. The Balaban J connectivity index is 1.35. The molecule has 1 amide bonds. The molecule has 2 aromatic rings. The first-order valence-electron chi connectivity index (χ1n) is 12.4. The largest absolute Gasteiger partial charge is 0.354 e. The maximum absolute atomic E-state index is 13.3. The molecule has 5 rings (SSSR count). The summed E-state index contributed by atoms with van der Waals surface area (Å²) in [6, 6.07) is 9.04. The van der Waals surface area contributed by atoms with Crippen molar-refractivity contribution in [2.24, 2.45) is 5.92 Å². The number of aromatic nitrogens is 1. The van der Waals surface area contributed by atoms with Crippen LogP contribution in [0.4, 0.5) is 5.82 Å². The zero-order valence-electron chi connectivity index (χ0n) is 19.8. The molecule has 170 valence electrons. The number of rotatable bonds is 4. The minimum atomic E-state index is 0.227. The lowest BCUT2D eigenvalue weighted by Gasteiger charge is -2.34. The molecule has 5 heteroatoms. The molecule has 0 unspecified atom stereocenters. The Labute approximate surface area is 192 Å². The zero-order chi connectivity index (χ0) is 22.2. The summed E-state index contributed by atoms with van der Waals surface area (Å²) in [6.07, 6.45) is 8.48. The normalized spacial score (nSPS) is 21.2. The Bertz CT molecular complexity index is 972. The lowest BCUT2D eigenvalue weighted by Crippen LogP contribution is -2.44. The highest BCUT2D eigenvalue weighted by Gasteiger charge is 2.35. The van der Waals surface area contributed by atoms with Gasteiger partial charge >= 0.3 is 0 Å². The Hall–Kier alpha value is -2.40. The van der Waals surface area contributed by atoms with Crippen LogP contribution in [0, 0.1) is 12.8 Å². The summed E-state index contributed by atoms with van der Waals surface area (Å²) in [7, 11) is 2.17. The van der Waals surface area contributed by atoms with Crippen LogP contribution >= 0.6 is 0 Å². The van der Waals surface area contributed by atoms with Crippen molar-refractivity contribution in [3.63, 3.8) is 0 Å². The maximum Gasteiger partial charge on any atom is 0.255 e. The molecule has 0 bridgehead atoms. The van der Waals surface area contributed by atoms with Gasteiger partial charge in [0.2, 0.25) is 0 Å². The van der Waals surface area contributed by atoms with Crippen molar-refractivity contribution < 1.29 is 4.79 Å². The van der Waals surface area contributed by atoms with Crippen molar-refractivity contribution in [1.82, 2.24) is 14.8 Å². The van der Waals surface area contributed by atoms with Crippen molar-refractivity contribution in [2.75, 3.05) is 38.1 Å². The third-order valence-corrected chi connectivity index (χ3v) is 7.96. The lowest BCUT2D eigenvalue weighted by molar-refractivity contribution is 0.0623. The number of fused-ring (bicyclic) bond motifs is 1. The van der Waals surface area contributed by atoms with Crippen molar-refractivity contribution in [3.8, 4) is 11.1 Å². The average molecular weight is 433 g/mol. The number of carbonyl (C=O) groups excluding carboxylic acids is 1. The van der Waals surface area contributed by atoms with E-state index in [-0.39, 0.29) is 5.91 Å². The molecule has 1 aromatic carbocycles. The van der Waals surface area contributed by atoms with E-state index < -0.39 is 0 Å². The van der Waals surface area contributed by atoms with E-state index in [1.54, 1.807) is 0 Å². The second-order valence-electron chi connectivity index (χ2n) is 10.1. The van der Waals surface area contributed by atoms with E-state index in [0.29, 0.717) is 12.0 Å². The van der Waals surface area contributed by atoms with Crippen LogP contribution in [0.25, 0.3) is 11.1 Å². The second kappa shape index (κ2) is 8.86. The molecule has 0 spiro atoms. The summed E-state index contributed by atoms with van der Waals surface area (Å²) >= 11 is 0. The molecule has 1 aliphatic carbocycles. The first-order valence-corrected chi connectivity index (χ1v) is 12.4. The van der Waals surface area contributed by atoms with Crippen LogP contribution < -0.4 is 4.90 Å². The third kappa shape index (κ3) is 4.03. The number of benzene rings is 1. The van der Waals surface area contributed by atoms with Crippen LogP contribution in [-0.2, 0) is 6.54 Å². The van der Waals surface area contributed by atoms with E-state index in [1.165, 1.54) is 43.2 Å². The minimum Gasteiger partial charge on any atom is -0.354 e. The van der Waals surface area contributed by atoms with E-state index >= 15 is 0 Å². The third-order valence-electron chi connectivity index (χ3n) is 7.96. The number of likely N-dealkylation sites (N-methyl/N-ethyl adjacent to an activating group) is 1. The number of anilines is 1. The number of pyridine rings is 1. The van der Waals surface area contributed by atoms with Crippen LogP contribution in [0.15, 0.2) is 30.5 Å². The van der Waals surface area contributed by atoms with E-state index in [9.17, 15) is 4.79 Å². The predicted molar refractivity (Wildman–Crippen MR) is 130 cm³/mol. The molecular formula is C27H36N4O. The number of hydrogen-bond donors (Lipinski definition) is 0. The average Bonchev–Trinajstić information content (AvgIpc) is 3.16. The lowest BCUT2D eigenvalue weighted by atomic mass is 9.84. The number of carbonyl (C=O) groups is 1. The topological polar surface area (TPSA) is 39.7 Å². The Morgan fingerprint density at radius 1 is 1.00 bits per heavy atom. The van der Waals surface area contributed by atoms with E-state index in [2.05, 4.69) is 59.9 Å². The van der Waals surface area contributed by atoms with Crippen molar-refractivity contribution in [1.29, 1.82) is 0 Å². The second-order valence-corrected chi connectivity index (χ2v) is 10.1. The molecule has 0 radical (unpaired) electrons. The van der Waals surface area contributed by atoms with Gasteiger partial charge in [-0.15, -0.1) is 0 Å². The van der Waals surface area contributed by atoms with Crippen LogP contribution in [-0.4, -0.2) is 60.0 Å². The van der Waals surface area contributed by atoms with Gasteiger partial charge in [-0.25, -0.2) is 4.98 Å². The number of aryl methyl sites for hydroxylation is 1. The van der Waals surface area contributed by atoms with Crippen LogP contribution in [0.3, 0.4) is 0 Å².